The first-order valence-corrected chi connectivity index (χ1v) is 7.69. The van der Waals surface area contributed by atoms with E-state index in [4.69, 9.17) is 5.11 Å². The minimum atomic E-state index is -1.04. The standard InChI is InChI=1S/C15H19BrN2O3/c1-15(2)7-3-4-12(15)18-14(21)17-9-5-6-11(16)10(8-9)13(19)20/h5-6,8,12H,3-4,7H2,1-2H3,(H,19,20)(H2,17,18,21). The van der Waals surface area contributed by atoms with E-state index in [1.165, 1.54) is 6.07 Å². The molecular formula is C15H19BrN2O3. The maximum absolute atomic E-state index is 12.0. The Balaban J connectivity index is 2.03. The molecule has 1 aromatic rings. The van der Waals surface area contributed by atoms with E-state index in [0.717, 1.165) is 19.3 Å². The third-order valence-electron chi connectivity index (χ3n) is 4.02. The number of urea groups is 1. The van der Waals surface area contributed by atoms with Crippen LogP contribution in [-0.4, -0.2) is 23.1 Å². The predicted octanol–water partition coefficient (Wildman–Crippen LogP) is 3.85. The highest BCUT2D eigenvalue weighted by Crippen LogP contribution is 2.37. The number of hydrogen-bond donors (Lipinski definition) is 3. The molecule has 2 amide bonds. The van der Waals surface area contributed by atoms with Crippen LogP contribution in [0.15, 0.2) is 22.7 Å². The van der Waals surface area contributed by atoms with Crippen molar-refractivity contribution in [3.63, 3.8) is 0 Å². The van der Waals surface area contributed by atoms with Crippen molar-refractivity contribution in [3.05, 3.63) is 28.2 Å². The van der Waals surface area contributed by atoms with Crippen molar-refractivity contribution in [3.8, 4) is 0 Å². The predicted molar refractivity (Wildman–Crippen MR) is 84.7 cm³/mol. The van der Waals surface area contributed by atoms with Gasteiger partial charge in [0.1, 0.15) is 0 Å². The highest BCUT2D eigenvalue weighted by atomic mass is 79.9. The number of amides is 2. The van der Waals surface area contributed by atoms with E-state index < -0.39 is 5.97 Å². The minimum Gasteiger partial charge on any atom is -0.478 e. The van der Waals surface area contributed by atoms with Gasteiger partial charge in [-0.05, 0) is 52.4 Å². The molecule has 0 radical (unpaired) electrons. The van der Waals surface area contributed by atoms with Gasteiger partial charge in [0.05, 0.1) is 5.56 Å². The largest absolute Gasteiger partial charge is 0.478 e. The van der Waals surface area contributed by atoms with Gasteiger partial charge in [0.15, 0.2) is 0 Å². The number of hydrogen-bond acceptors (Lipinski definition) is 2. The lowest BCUT2D eigenvalue weighted by molar-refractivity contribution is 0.0696. The normalized spacial score (nSPS) is 20.0. The second-order valence-corrected chi connectivity index (χ2v) is 6.89. The highest BCUT2D eigenvalue weighted by molar-refractivity contribution is 9.10. The molecule has 1 aliphatic rings. The lowest BCUT2D eigenvalue weighted by Crippen LogP contribution is -2.43. The molecule has 0 spiro atoms. The fourth-order valence-corrected chi connectivity index (χ4v) is 3.10. The first-order valence-electron chi connectivity index (χ1n) is 6.90. The van der Waals surface area contributed by atoms with E-state index >= 15 is 0 Å². The Morgan fingerprint density at radius 2 is 2.10 bits per heavy atom. The minimum absolute atomic E-state index is 0.100. The zero-order valence-electron chi connectivity index (χ0n) is 12.1. The van der Waals surface area contributed by atoms with Crippen molar-refractivity contribution in [2.24, 2.45) is 5.41 Å². The molecule has 21 heavy (non-hydrogen) atoms. The van der Waals surface area contributed by atoms with Crippen molar-refractivity contribution < 1.29 is 14.7 Å². The number of carbonyl (C=O) groups is 2. The highest BCUT2D eigenvalue weighted by Gasteiger charge is 2.35. The van der Waals surface area contributed by atoms with Crippen LogP contribution in [0.25, 0.3) is 0 Å². The van der Waals surface area contributed by atoms with E-state index in [1.807, 2.05) is 0 Å². The number of rotatable bonds is 3. The Hall–Kier alpha value is -1.56. The molecule has 0 bridgehead atoms. The van der Waals surface area contributed by atoms with Gasteiger partial charge >= 0.3 is 12.0 Å². The number of anilines is 1. The number of carbonyl (C=O) groups excluding carboxylic acids is 1. The van der Waals surface area contributed by atoms with Crippen LogP contribution >= 0.6 is 15.9 Å². The lowest BCUT2D eigenvalue weighted by atomic mass is 9.87. The summed E-state index contributed by atoms with van der Waals surface area (Å²) in [5, 5.41) is 14.7. The van der Waals surface area contributed by atoms with Crippen LogP contribution in [0.3, 0.4) is 0 Å². The van der Waals surface area contributed by atoms with Crippen molar-refractivity contribution in [2.75, 3.05) is 5.32 Å². The van der Waals surface area contributed by atoms with Gasteiger partial charge in [-0.3, -0.25) is 0 Å². The molecular weight excluding hydrogens is 336 g/mol. The van der Waals surface area contributed by atoms with Crippen LogP contribution < -0.4 is 10.6 Å². The molecule has 2 rings (SSSR count). The van der Waals surface area contributed by atoms with E-state index in [-0.39, 0.29) is 23.1 Å². The zero-order valence-corrected chi connectivity index (χ0v) is 13.7. The average Bonchev–Trinajstić information content (AvgIpc) is 2.71. The van der Waals surface area contributed by atoms with Crippen LogP contribution in [-0.2, 0) is 0 Å². The first kappa shape index (κ1) is 15.8. The SMILES string of the molecule is CC1(C)CCCC1NC(=O)Nc1ccc(Br)c(C(=O)O)c1. The molecule has 0 saturated heterocycles. The van der Waals surface area contributed by atoms with Gasteiger partial charge in [-0.1, -0.05) is 20.3 Å². The maximum atomic E-state index is 12.0. The van der Waals surface area contributed by atoms with Gasteiger partial charge in [0, 0.05) is 16.2 Å². The van der Waals surface area contributed by atoms with E-state index in [0.29, 0.717) is 10.2 Å². The van der Waals surface area contributed by atoms with Crippen molar-refractivity contribution in [1.82, 2.24) is 5.32 Å². The van der Waals surface area contributed by atoms with Gasteiger partial charge in [-0.15, -0.1) is 0 Å². The monoisotopic (exact) mass is 354 g/mol. The third kappa shape index (κ3) is 3.75. The van der Waals surface area contributed by atoms with Crippen molar-refractivity contribution in [1.29, 1.82) is 0 Å². The summed E-state index contributed by atoms with van der Waals surface area (Å²) in [4.78, 5) is 23.1. The Bertz CT molecular complexity index is 572. The molecule has 5 nitrogen and oxygen atoms in total. The molecule has 3 N–H and O–H groups in total. The summed E-state index contributed by atoms with van der Waals surface area (Å²) in [5.41, 5.74) is 0.682. The van der Waals surface area contributed by atoms with E-state index in [2.05, 4.69) is 40.4 Å². The molecule has 1 fully saturated rings. The smallest absolute Gasteiger partial charge is 0.336 e. The van der Waals surface area contributed by atoms with Gasteiger partial charge in [0.25, 0.3) is 0 Å². The summed E-state index contributed by atoms with van der Waals surface area (Å²) in [7, 11) is 0. The van der Waals surface area contributed by atoms with E-state index in [9.17, 15) is 9.59 Å². The summed E-state index contributed by atoms with van der Waals surface area (Å²) in [6.07, 6.45) is 3.18. The molecule has 6 heteroatoms. The summed E-state index contributed by atoms with van der Waals surface area (Å²) in [5.74, 6) is -1.04. The molecule has 0 aromatic heterocycles. The fourth-order valence-electron chi connectivity index (χ4n) is 2.69. The maximum Gasteiger partial charge on any atom is 0.336 e. The second-order valence-electron chi connectivity index (χ2n) is 6.03. The molecule has 0 heterocycles. The van der Waals surface area contributed by atoms with Crippen molar-refractivity contribution in [2.45, 2.75) is 39.2 Å². The zero-order chi connectivity index (χ0) is 15.6. The Morgan fingerprint density at radius 1 is 1.38 bits per heavy atom. The molecule has 114 valence electrons. The van der Waals surface area contributed by atoms with Crippen LogP contribution in [0.1, 0.15) is 43.5 Å². The first-order chi connectivity index (χ1) is 9.79. The average molecular weight is 355 g/mol. The fraction of sp³-hybridized carbons (Fsp3) is 0.467. The number of aromatic carboxylic acids is 1. The third-order valence-corrected chi connectivity index (χ3v) is 4.71. The Kier molecular flexibility index (Phi) is 4.56. The molecule has 1 atom stereocenters. The van der Waals surface area contributed by atoms with Crippen LogP contribution in [0.4, 0.5) is 10.5 Å². The van der Waals surface area contributed by atoms with Gasteiger partial charge < -0.3 is 15.7 Å². The van der Waals surface area contributed by atoms with Crippen LogP contribution in [0.2, 0.25) is 0 Å². The Morgan fingerprint density at radius 3 is 2.67 bits per heavy atom. The molecule has 1 aliphatic carbocycles. The molecule has 1 saturated carbocycles. The molecule has 1 aromatic carbocycles. The number of benzene rings is 1. The number of nitrogens with one attached hydrogen (secondary N) is 2. The Labute approximate surface area is 132 Å². The quantitative estimate of drug-likeness (QED) is 0.771. The second kappa shape index (κ2) is 6.05. The van der Waals surface area contributed by atoms with Crippen LogP contribution in [0.5, 0.6) is 0 Å². The number of halogens is 1. The summed E-state index contributed by atoms with van der Waals surface area (Å²) < 4.78 is 0.484. The van der Waals surface area contributed by atoms with Gasteiger partial charge in [-0.25, -0.2) is 9.59 Å². The number of carboxylic acid groups (broad SMARTS) is 1. The molecule has 1 unspecified atom stereocenters. The lowest BCUT2D eigenvalue weighted by Gasteiger charge is -2.27. The van der Waals surface area contributed by atoms with Gasteiger partial charge in [0.2, 0.25) is 0 Å². The topological polar surface area (TPSA) is 78.4 Å². The van der Waals surface area contributed by atoms with E-state index in [1.54, 1.807) is 12.1 Å². The summed E-state index contributed by atoms with van der Waals surface area (Å²) in [6, 6.07) is 4.56. The van der Waals surface area contributed by atoms with Gasteiger partial charge in [-0.2, -0.15) is 0 Å². The van der Waals surface area contributed by atoms with Crippen LogP contribution in [0, 0.1) is 5.41 Å². The molecule has 0 aliphatic heterocycles. The van der Waals surface area contributed by atoms with Crippen molar-refractivity contribution >= 4 is 33.6 Å². The number of carboxylic acids is 1. The summed E-state index contributed by atoms with van der Waals surface area (Å²) in [6.45, 7) is 4.29. The summed E-state index contributed by atoms with van der Waals surface area (Å²) >= 11 is 3.17.